The van der Waals surface area contributed by atoms with Crippen LogP contribution in [0.2, 0.25) is 0 Å². The molecule has 29 heavy (non-hydrogen) atoms. The molecule has 0 atom stereocenters. The summed E-state index contributed by atoms with van der Waals surface area (Å²) in [5.74, 6) is -0.370. The predicted octanol–water partition coefficient (Wildman–Crippen LogP) is 1.55. The van der Waals surface area contributed by atoms with E-state index in [-0.39, 0.29) is 24.7 Å². The zero-order valence-electron chi connectivity index (χ0n) is 16.2. The van der Waals surface area contributed by atoms with E-state index in [1.807, 2.05) is 0 Å². The Morgan fingerprint density at radius 1 is 1.03 bits per heavy atom. The van der Waals surface area contributed by atoms with E-state index in [0.717, 1.165) is 6.26 Å². The van der Waals surface area contributed by atoms with E-state index in [9.17, 15) is 18.0 Å². The Kier molecular flexibility index (Phi) is 7.43. The van der Waals surface area contributed by atoms with Crippen LogP contribution in [0.15, 0.2) is 42.5 Å². The number of para-hydroxylation sites is 1. The molecule has 0 radical (unpaired) electrons. The number of anilines is 1. The summed E-state index contributed by atoms with van der Waals surface area (Å²) in [5, 5.41) is 2.73. The smallest absolute Gasteiger partial charge is 0.343 e. The van der Waals surface area contributed by atoms with Crippen molar-refractivity contribution in [1.82, 2.24) is 5.32 Å². The van der Waals surface area contributed by atoms with Crippen LogP contribution in [0.25, 0.3) is 0 Å². The molecule has 0 heterocycles. The van der Waals surface area contributed by atoms with Gasteiger partial charge in [-0.05, 0) is 29.8 Å². The molecule has 0 aliphatic rings. The molecule has 2 rings (SSSR count). The molecule has 0 bridgehead atoms. The molecule has 2 aromatic rings. The SMILES string of the molecule is COC(=O)COc1ccc(C(=O)NCc2ccccc2NS(C)(=O)=O)cc1OC. The maximum atomic E-state index is 12.5. The maximum absolute atomic E-state index is 12.5. The zero-order valence-corrected chi connectivity index (χ0v) is 17.0. The van der Waals surface area contributed by atoms with Crippen LogP contribution in [-0.2, 0) is 26.1 Å². The number of methoxy groups -OCH3 is 2. The van der Waals surface area contributed by atoms with E-state index in [1.165, 1.54) is 32.4 Å². The minimum atomic E-state index is -3.44. The third kappa shape index (κ3) is 6.68. The van der Waals surface area contributed by atoms with Gasteiger partial charge in [0.05, 0.1) is 26.2 Å². The highest BCUT2D eigenvalue weighted by Crippen LogP contribution is 2.28. The lowest BCUT2D eigenvalue weighted by atomic mass is 10.1. The fraction of sp³-hybridized carbons (Fsp3) is 0.263. The van der Waals surface area contributed by atoms with Crippen molar-refractivity contribution in [2.24, 2.45) is 0 Å². The number of rotatable bonds is 9. The van der Waals surface area contributed by atoms with Crippen LogP contribution in [0.4, 0.5) is 5.69 Å². The molecule has 156 valence electrons. The second-order valence-electron chi connectivity index (χ2n) is 5.94. The number of hydrogen-bond acceptors (Lipinski definition) is 7. The van der Waals surface area contributed by atoms with Crippen molar-refractivity contribution in [1.29, 1.82) is 0 Å². The van der Waals surface area contributed by atoms with Crippen LogP contribution in [0, 0.1) is 0 Å². The molecule has 2 N–H and O–H groups in total. The molecule has 0 fully saturated rings. The molecule has 0 aromatic heterocycles. The van der Waals surface area contributed by atoms with E-state index >= 15 is 0 Å². The van der Waals surface area contributed by atoms with Gasteiger partial charge >= 0.3 is 5.97 Å². The first kappa shape index (κ1) is 22.0. The lowest BCUT2D eigenvalue weighted by Gasteiger charge is -2.13. The van der Waals surface area contributed by atoms with Crippen molar-refractivity contribution in [3.63, 3.8) is 0 Å². The third-order valence-corrected chi connectivity index (χ3v) is 4.34. The molecule has 0 saturated carbocycles. The second kappa shape index (κ2) is 9.78. The number of amides is 1. The summed E-state index contributed by atoms with van der Waals surface area (Å²) in [5.41, 5.74) is 1.30. The average molecular weight is 422 g/mol. The Balaban J connectivity index is 2.09. The van der Waals surface area contributed by atoms with E-state index in [4.69, 9.17) is 9.47 Å². The Hall–Kier alpha value is -3.27. The molecular formula is C19H22N2O7S. The molecule has 0 unspecified atom stereocenters. The maximum Gasteiger partial charge on any atom is 0.343 e. The number of ether oxygens (including phenoxy) is 3. The van der Waals surface area contributed by atoms with Crippen LogP contribution in [-0.4, -0.2) is 47.4 Å². The molecule has 0 aliphatic heterocycles. The van der Waals surface area contributed by atoms with E-state index in [0.29, 0.717) is 16.8 Å². The van der Waals surface area contributed by atoms with Crippen molar-refractivity contribution >= 4 is 27.6 Å². The average Bonchev–Trinajstić information content (AvgIpc) is 2.69. The lowest BCUT2D eigenvalue weighted by Crippen LogP contribution is -2.24. The van der Waals surface area contributed by atoms with Gasteiger partial charge in [0.2, 0.25) is 10.0 Å². The summed E-state index contributed by atoms with van der Waals surface area (Å²) in [4.78, 5) is 23.7. The topological polar surface area (TPSA) is 120 Å². The highest BCUT2D eigenvalue weighted by Gasteiger charge is 2.14. The standard InChI is InChI=1S/C19H22N2O7S/c1-26-17-10-13(8-9-16(17)28-12-18(22)27-2)19(23)20-11-14-6-4-5-7-15(14)21-29(3,24)25/h4-10,21H,11-12H2,1-3H3,(H,20,23). The minimum absolute atomic E-state index is 0.112. The molecule has 1 amide bonds. The first-order valence-electron chi connectivity index (χ1n) is 8.45. The molecule has 10 heteroatoms. The van der Waals surface area contributed by atoms with Crippen molar-refractivity contribution < 1.29 is 32.2 Å². The zero-order chi connectivity index (χ0) is 21.4. The van der Waals surface area contributed by atoms with E-state index < -0.39 is 21.9 Å². The number of hydrogen-bond donors (Lipinski definition) is 2. The normalized spacial score (nSPS) is 10.7. The predicted molar refractivity (Wildman–Crippen MR) is 107 cm³/mol. The van der Waals surface area contributed by atoms with E-state index in [1.54, 1.807) is 24.3 Å². The number of nitrogens with one attached hydrogen (secondary N) is 2. The summed E-state index contributed by atoms with van der Waals surface area (Å²) in [7, 11) is -0.782. The van der Waals surface area contributed by atoms with Gasteiger partial charge in [-0.15, -0.1) is 0 Å². The number of esters is 1. The quantitative estimate of drug-likeness (QED) is 0.588. The number of carbonyl (C=O) groups excluding carboxylic acids is 2. The second-order valence-corrected chi connectivity index (χ2v) is 7.69. The van der Waals surface area contributed by atoms with Gasteiger partial charge in [0.1, 0.15) is 0 Å². The van der Waals surface area contributed by atoms with Gasteiger partial charge in [-0.2, -0.15) is 0 Å². The highest BCUT2D eigenvalue weighted by atomic mass is 32.2. The summed E-state index contributed by atoms with van der Waals surface area (Å²) in [6.45, 7) is -0.178. The van der Waals surface area contributed by atoms with Crippen LogP contribution in [0.1, 0.15) is 15.9 Å². The van der Waals surface area contributed by atoms with Gasteiger partial charge in [-0.3, -0.25) is 9.52 Å². The number of carbonyl (C=O) groups is 2. The monoisotopic (exact) mass is 422 g/mol. The minimum Gasteiger partial charge on any atom is -0.493 e. The summed E-state index contributed by atoms with van der Waals surface area (Å²) < 4.78 is 40.4. The molecule has 0 spiro atoms. The van der Waals surface area contributed by atoms with Crippen LogP contribution < -0.4 is 19.5 Å². The van der Waals surface area contributed by atoms with Crippen molar-refractivity contribution in [3.8, 4) is 11.5 Å². The number of sulfonamides is 1. The van der Waals surface area contributed by atoms with Crippen LogP contribution in [0.5, 0.6) is 11.5 Å². The summed E-state index contributed by atoms with van der Waals surface area (Å²) >= 11 is 0. The largest absolute Gasteiger partial charge is 0.493 e. The third-order valence-electron chi connectivity index (χ3n) is 3.75. The Labute approximate surface area is 169 Å². The van der Waals surface area contributed by atoms with Gasteiger partial charge < -0.3 is 19.5 Å². The Morgan fingerprint density at radius 3 is 2.41 bits per heavy atom. The summed E-state index contributed by atoms with van der Waals surface area (Å²) in [6, 6.07) is 11.3. The molecule has 0 saturated heterocycles. The first-order valence-corrected chi connectivity index (χ1v) is 10.3. The Bertz CT molecular complexity index is 990. The summed E-state index contributed by atoms with van der Waals surface area (Å²) in [6.07, 6.45) is 1.05. The molecule has 0 aliphatic carbocycles. The van der Waals surface area contributed by atoms with Crippen LogP contribution in [0.3, 0.4) is 0 Å². The van der Waals surface area contributed by atoms with Crippen molar-refractivity contribution in [2.75, 3.05) is 31.8 Å². The number of benzene rings is 2. The van der Waals surface area contributed by atoms with Gasteiger partial charge in [0, 0.05) is 12.1 Å². The van der Waals surface area contributed by atoms with Gasteiger partial charge in [0.25, 0.3) is 5.91 Å². The Morgan fingerprint density at radius 2 is 1.76 bits per heavy atom. The van der Waals surface area contributed by atoms with Crippen LogP contribution >= 0.6 is 0 Å². The van der Waals surface area contributed by atoms with Crippen molar-refractivity contribution in [2.45, 2.75) is 6.54 Å². The van der Waals surface area contributed by atoms with Gasteiger partial charge in [-0.1, -0.05) is 18.2 Å². The van der Waals surface area contributed by atoms with Gasteiger partial charge in [0.15, 0.2) is 18.1 Å². The molecule has 2 aromatic carbocycles. The molecule has 9 nitrogen and oxygen atoms in total. The van der Waals surface area contributed by atoms with Gasteiger partial charge in [-0.25, -0.2) is 13.2 Å². The lowest BCUT2D eigenvalue weighted by molar-refractivity contribution is -0.142. The highest BCUT2D eigenvalue weighted by molar-refractivity contribution is 7.92. The van der Waals surface area contributed by atoms with Crippen molar-refractivity contribution in [3.05, 3.63) is 53.6 Å². The fourth-order valence-corrected chi connectivity index (χ4v) is 2.97. The van der Waals surface area contributed by atoms with E-state index in [2.05, 4.69) is 14.8 Å². The fourth-order valence-electron chi connectivity index (χ4n) is 2.38. The molecular weight excluding hydrogens is 400 g/mol. The first-order chi connectivity index (χ1) is 13.7.